The lowest BCUT2D eigenvalue weighted by atomic mass is 9.91. The van der Waals surface area contributed by atoms with E-state index < -0.39 is 17.4 Å². The number of halogens is 2. The van der Waals surface area contributed by atoms with Crippen LogP contribution in [0.4, 0.5) is 0 Å². The summed E-state index contributed by atoms with van der Waals surface area (Å²) in [5.74, 6) is -0.753. The molecule has 1 aromatic carbocycles. The standard InChI is InChI=1S/C18H18Cl2N2O4/c1-3-25-17(24)18(2,13-6-4-5-7-14(13)20)22-16(23)15-9-8-12(10-21-15)26-11-19/h4-10H,3,11H2,1-2H3,(H,22,23)/t18-/m0/s1. The van der Waals surface area contributed by atoms with E-state index in [9.17, 15) is 9.59 Å². The summed E-state index contributed by atoms with van der Waals surface area (Å²) < 4.78 is 10.2. The van der Waals surface area contributed by atoms with Crippen molar-refractivity contribution in [1.82, 2.24) is 10.3 Å². The first-order valence-electron chi connectivity index (χ1n) is 7.82. The van der Waals surface area contributed by atoms with Crippen LogP contribution in [0, 0.1) is 0 Å². The molecule has 26 heavy (non-hydrogen) atoms. The van der Waals surface area contributed by atoms with Crippen molar-refractivity contribution in [2.75, 3.05) is 12.7 Å². The average molecular weight is 397 g/mol. The van der Waals surface area contributed by atoms with Gasteiger partial charge in [0.05, 0.1) is 12.8 Å². The van der Waals surface area contributed by atoms with Gasteiger partial charge in [0.25, 0.3) is 5.91 Å². The number of esters is 1. The number of carbonyl (C=O) groups is 2. The van der Waals surface area contributed by atoms with Crippen molar-refractivity contribution in [2.45, 2.75) is 19.4 Å². The number of nitrogens with one attached hydrogen (secondary N) is 1. The van der Waals surface area contributed by atoms with Gasteiger partial charge in [-0.3, -0.25) is 4.79 Å². The van der Waals surface area contributed by atoms with Gasteiger partial charge in [0.15, 0.2) is 11.6 Å². The minimum Gasteiger partial charge on any atom is -0.476 e. The number of amides is 1. The number of pyridine rings is 1. The molecule has 0 unspecified atom stereocenters. The molecule has 1 atom stereocenters. The molecule has 0 saturated heterocycles. The SMILES string of the molecule is CCOC(=O)[C@@](C)(NC(=O)c1ccc(OCCl)cn1)c1ccccc1Cl. The number of benzene rings is 1. The Morgan fingerprint density at radius 3 is 2.54 bits per heavy atom. The number of nitrogens with zero attached hydrogens (tertiary/aromatic N) is 1. The van der Waals surface area contributed by atoms with Gasteiger partial charge in [-0.15, -0.1) is 0 Å². The number of hydrogen-bond donors (Lipinski definition) is 1. The van der Waals surface area contributed by atoms with Gasteiger partial charge in [0.1, 0.15) is 11.4 Å². The van der Waals surface area contributed by atoms with E-state index in [1.807, 2.05) is 0 Å². The molecule has 0 saturated carbocycles. The predicted octanol–water partition coefficient (Wildman–Crippen LogP) is 3.52. The van der Waals surface area contributed by atoms with Crippen molar-refractivity contribution in [3.63, 3.8) is 0 Å². The third-order valence-corrected chi connectivity index (χ3v) is 4.09. The van der Waals surface area contributed by atoms with Crippen LogP contribution in [0.5, 0.6) is 5.75 Å². The highest BCUT2D eigenvalue weighted by Crippen LogP contribution is 2.29. The van der Waals surface area contributed by atoms with Gasteiger partial charge < -0.3 is 14.8 Å². The molecule has 2 rings (SSSR count). The summed E-state index contributed by atoms with van der Waals surface area (Å²) in [6, 6.07) is 9.75. The van der Waals surface area contributed by atoms with Crippen molar-refractivity contribution in [3.8, 4) is 5.75 Å². The Bertz CT molecular complexity index is 783. The van der Waals surface area contributed by atoms with Gasteiger partial charge in [-0.05, 0) is 32.0 Å². The second kappa shape index (κ2) is 8.87. The van der Waals surface area contributed by atoms with E-state index >= 15 is 0 Å². The zero-order valence-corrected chi connectivity index (χ0v) is 15.8. The van der Waals surface area contributed by atoms with Gasteiger partial charge in [-0.1, -0.05) is 41.4 Å². The predicted molar refractivity (Wildman–Crippen MR) is 98.5 cm³/mol. The third kappa shape index (κ3) is 4.45. The van der Waals surface area contributed by atoms with Crippen LogP contribution < -0.4 is 10.1 Å². The summed E-state index contributed by atoms with van der Waals surface area (Å²) in [6.07, 6.45) is 1.37. The molecule has 138 valence electrons. The number of rotatable bonds is 7. The van der Waals surface area contributed by atoms with E-state index in [2.05, 4.69) is 10.3 Å². The number of ether oxygens (including phenoxy) is 2. The molecule has 0 aliphatic rings. The number of carbonyl (C=O) groups excluding carboxylic acids is 2. The lowest BCUT2D eigenvalue weighted by molar-refractivity contribution is -0.150. The molecule has 1 amide bonds. The summed E-state index contributed by atoms with van der Waals surface area (Å²) in [5.41, 5.74) is -0.941. The number of alkyl halides is 1. The summed E-state index contributed by atoms with van der Waals surface area (Å²) in [6.45, 7) is 3.39. The Balaban J connectivity index is 2.33. The molecule has 0 aliphatic heterocycles. The molecule has 0 radical (unpaired) electrons. The molecule has 0 bridgehead atoms. The Morgan fingerprint density at radius 1 is 1.23 bits per heavy atom. The van der Waals surface area contributed by atoms with Crippen LogP contribution in [0.15, 0.2) is 42.6 Å². The van der Waals surface area contributed by atoms with E-state index in [0.717, 1.165) is 0 Å². The van der Waals surface area contributed by atoms with Gasteiger partial charge in [0, 0.05) is 10.6 Å². The first-order valence-corrected chi connectivity index (χ1v) is 8.73. The zero-order chi connectivity index (χ0) is 19.2. The van der Waals surface area contributed by atoms with Gasteiger partial charge in [0.2, 0.25) is 0 Å². The minimum atomic E-state index is -1.47. The van der Waals surface area contributed by atoms with Crippen LogP contribution in [0.3, 0.4) is 0 Å². The highest BCUT2D eigenvalue weighted by atomic mass is 35.5. The summed E-state index contributed by atoms with van der Waals surface area (Å²) in [7, 11) is 0. The van der Waals surface area contributed by atoms with Crippen molar-refractivity contribution >= 4 is 35.1 Å². The maximum absolute atomic E-state index is 12.6. The summed E-state index contributed by atoms with van der Waals surface area (Å²) in [4.78, 5) is 29.2. The third-order valence-electron chi connectivity index (χ3n) is 3.65. The van der Waals surface area contributed by atoms with Gasteiger partial charge >= 0.3 is 5.97 Å². The van der Waals surface area contributed by atoms with E-state index in [1.165, 1.54) is 19.2 Å². The maximum atomic E-state index is 12.6. The Labute approximate surface area is 161 Å². The van der Waals surface area contributed by atoms with E-state index in [4.69, 9.17) is 32.7 Å². The van der Waals surface area contributed by atoms with Gasteiger partial charge in [-0.25, -0.2) is 9.78 Å². The average Bonchev–Trinajstić information content (AvgIpc) is 2.63. The molecule has 8 heteroatoms. The van der Waals surface area contributed by atoms with Crippen LogP contribution in [-0.2, 0) is 15.1 Å². The Morgan fingerprint density at radius 2 is 1.96 bits per heavy atom. The zero-order valence-electron chi connectivity index (χ0n) is 14.3. The van der Waals surface area contributed by atoms with Crippen molar-refractivity contribution in [1.29, 1.82) is 0 Å². The van der Waals surface area contributed by atoms with E-state index in [0.29, 0.717) is 16.3 Å². The molecular weight excluding hydrogens is 379 g/mol. The lowest BCUT2D eigenvalue weighted by Crippen LogP contribution is -2.50. The molecule has 0 fully saturated rings. The summed E-state index contributed by atoms with van der Waals surface area (Å²) >= 11 is 11.7. The van der Waals surface area contributed by atoms with Crippen LogP contribution in [0.1, 0.15) is 29.9 Å². The highest BCUT2D eigenvalue weighted by Gasteiger charge is 2.40. The molecular formula is C18H18Cl2N2O4. The highest BCUT2D eigenvalue weighted by molar-refractivity contribution is 6.31. The number of aromatic nitrogens is 1. The second-order valence-corrected chi connectivity index (χ2v) is 6.04. The molecule has 1 heterocycles. The number of hydrogen-bond acceptors (Lipinski definition) is 5. The molecule has 1 aromatic heterocycles. The fraction of sp³-hybridized carbons (Fsp3) is 0.278. The van der Waals surface area contributed by atoms with Crippen LogP contribution in [0.2, 0.25) is 5.02 Å². The Hall–Kier alpha value is -2.31. The minimum absolute atomic E-state index is 0.0271. The van der Waals surface area contributed by atoms with Crippen LogP contribution in [0.25, 0.3) is 0 Å². The molecule has 0 spiro atoms. The largest absolute Gasteiger partial charge is 0.476 e. The van der Waals surface area contributed by atoms with E-state index in [1.54, 1.807) is 37.3 Å². The topological polar surface area (TPSA) is 77.5 Å². The maximum Gasteiger partial charge on any atom is 0.336 e. The first kappa shape index (κ1) is 20.0. The lowest BCUT2D eigenvalue weighted by Gasteiger charge is -2.29. The second-order valence-electron chi connectivity index (χ2n) is 5.41. The van der Waals surface area contributed by atoms with Gasteiger partial charge in [-0.2, -0.15) is 0 Å². The van der Waals surface area contributed by atoms with Crippen molar-refractivity contribution in [3.05, 3.63) is 58.9 Å². The van der Waals surface area contributed by atoms with Crippen LogP contribution >= 0.6 is 23.2 Å². The molecule has 2 aromatic rings. The van der Waals surface area contributed by atoms with Crippen molar-refractivity contribution in [2.24, 2.45) is 0 Å². The normalized spacial score (nSPS) is 12.8. The Kier molecular flexibility index (Phi) is 6.83. The quantitative estimate of drug-likeness (QED) is 0.572. The molecule has 6 nitrogen and oxygen atoms in total. The summed E-state index contributed by atoms with van der Waals surface area (Å²) in [5, 5.41) is 3.01. The molecule has 1 N–H and O–H groups in total. The first-order chi connectivity index (χ1) is 12.4. The smallest absolute Gasteiger partial charge is 0.336 e. The monoisotopic (exact) mass is 396 g/mol. The molecule has 0 aliphatic carbocycles. The van der Waals surface area contributed by atoms with Crippen LogP contribution in [-0.4, -0.2) is 29.5 Å². The van der Waals surface area contributed by atoms with Crippen molar-refractivity contribution < 1.29 is 19.1 Å². The fourth-order valence-electron chi connectivity index (χ4n) is 2.32. The van der Waals surface area contributed by atoms with E-state index in [-0.39, 0.29) is 18.4 Å². The fourth-order valence-corrected chi connectivity index (χ4v) is 2.78.